The molecule has 3 heteroatoms. The molecule has 0 fully saturated rings. The molecule has 0 saturated heterocycles. The molecule has 1 aliphatic carbocycles. The zero-order chi connectivity index (χ0) is 17.8. The highest BCUT2D eigenvalue weighted by atomic mass is 79.9. The maximum Gasteiger partial charge on any atom is 0.0941 e. The molecule has 0 spiro atoms. The molecule has 1 aliphatic heterocycles. The molecule has 27 heavy (non-hydrogen) atoms. The standard InChI is InChI=1S/C24H30N2.BrH/c1-2-3-4-5-6-9-14-25-15-16-26(19-25)22-12-13-24-21(18-22)17-20-10-7-8-11-23(20)24;/h7-8,10-13,15-16,18H,2-6,9,14,17,19H2,1H3;1H. The third-order valence-electron chi connectivity index (χ3n) is 5.70. The molecule has 0 amide bonds. The number of rotatable bonds is 8. The van der Waals surface area contributed by atoms with Crippen molar-refractivity contribution in [2.24, 2.45) is 0 Å². The van der Waals surface area contributed by atoms with Crippen LogP contribution in [0.3, 0.4) is 0 Å². The molecule has 1 heterocycles. The third kappa shape index (κ3) is 4.57. The van der Waals surface area contributed by atoms with E-state index in [4.69, 9.17) is 0 Å². The number of halogens is 1. The Hall–Kier alpha value is -1.74. The summed E-state index contributed by atoms with van der Waals surface area (Å²) < 4.78 is 0. The molecule has 2 aromatic carbocycles. The van der Waals surface area contributed by atoms with Gasteiger partial charge in [0.2, 0.25) is 0 Å². The molecule has 144 valence electrons. The first-order valence-corrected chi connectivity index (χ1v) is 10.3. The Morgan fingerprint density at radius 1 is 0.815 bits per heavy atom. The lowest BCUT2D eigenvalue weighted by Crippen LogP contribution is -2.25. The minimum absolute atomic E-state index is 0. The number of nitrogens with zero attached hydrogens (tertiary/aromatic N) is 2. The van der Waals surface area contributed by atoms with Gasteiger partial charge in [-0.05, 0) is 47.2 Å². The first-order valence-electron chi connectivity index (χ1n) is 10.3. The molecule has 0 saturated carbocycles. The van der Waals surface area contributed by atoms with Gasteiger partial charge in [-0.15, -0.1) is 17.0 Å². The van der Waals surface area contributed by atoms with E-state index in [2.05, 4.69) is 71.6 Å². The lowest BCUT2D eigenvalue weighted by atomic mass is 10.1. The van der Waals surface area contributed by atoms with Crippen LogP contribution in [0.15, 0.2) is 54.9 Å². The number of hydrogen-bond acceptors (Lipinski definition) is 2. The monoisotopic (exact) mass is 426 g/mol. The Bertz CT molecular complexity index is 784. The van der Waals surface area contributed by atoms with E-state index in [1.165, 1.54) is 73.0 Å². The van der Waals surface area contributed by atoms with Gasteiger partial charge in [-0.1, -0.05) is 69.4 Å². The topological polar surface area (TPSA) is 6.48 Å². The first kappa shape index (κ1) is 20.0. The molecular formula is C24H31BrN2. The normalized spacial score (nSPS) is 14.3. The summed E-state index contributed by atoms with van der Waals surface area (Å²) in [5.41, 5.74) is 7.07. The van der Waals surface area contributed by atoms with Crippen LogP contribution in [0.4, 0.5) is 5.69 Å². The average molecular weight is 427 g/mol. The molecule has 0 bridgehead atoms. The van der Waals surface area contributed by atoms with Gasteiger partial charge >= 0.3 is 0 Å². The quantitative estimate of drug-likeness (QED) is 0.367. The molecule has 2 nitrogen and oxygen atoms in total. The highest BCUT2D eigenvalue weighted by molar-refractivity contribution is 8.93. The minimum atomic E-state index is 0. The lowest BCUT2D eigenvalue weighted by Gasteiger charge is -2.22. The van der Waals surface area contributed by atoms with E-state index in [-0.39, 0.29) is 17.0 Å². The van der Waals surface area contributed by atoms with Gasteiger partial charge in [-0.25, -0.2) is 0 Å². The summed E-state index contributed by atoms with van der Waals surface area (Å²) in [6.07, 6.45) is 13.7. The molecular weight excluding hydrogens is 396 g/mol. The Morgan fingerprint density at radius 2 is 1.59 bits per heavy atom. The van der Waals surface area contributed by atoms with Gasteiger partial charge in [0.1, 0.15) is 0 Å². The number of hydrogen-bond donors (Lipinski definition) is 0. The van der Waals surface area contributed by atoms with Gasteiger partial charge in [0.05, 0.1) is 6.67 Å². The minimum Gasteiger partial charge on any atom is -0.358 e. The van der Waals surface area contributed by atoms with Gasteiger partial charge < -0.3 is 9.80 Å². The second kappa shape index (κ2) is 9.45. The summed E-state index contributed by atoms with van der Waals surface area (Å²) in [7, 11) is 0. The van der Waals surface area contributed by atoms with Crippen molar-refractivity contribution >= 4 is 22.7 Å². The number of fused-ring (bicyclic) bond motifs is 3. The summed E-state index contributed by atoms with van der Waals surface area (Å²) >= 11 is 0. The summed E-state index contributed by atoms with van der Waals surface area (Å²) in [5.74, 6) is 0. The Morgan fingerprint density at radius 3 is 2.48 bits per heavy atom. The largest absolute Gasteiger partial charge is 0.358 e. The molecule has 0 atom stereocenters. The average Bonchev–Trinajstić information content (AvgIpc) is 3.28. The van der Waals surface area contributed by atoms with Crippen molar-refractivity contribution in [3.05, 3.63) is 66.0 Å². The second-order valence-electron chi connectivity index (χ2n) is 7.66. The Kier molecular flexibility index (Phi) is 7.01. The second-order valence-corrected chi connectivity index (χ2v) is 7.66. The maximum atomic E-state index is 2.45. The van der Waals surface area contributed by atoms with Gasteiger partial charge in [0.25, 0.3) is 0 Å². The van der Waals surface area contributed by atoms with Gasteiger partial charge in [0.15, 0.2) is 0 Å². The van der Waals surface area contributed by atoms with Crippen LogP contribution < -0.4 is 4.90 Å². The molecule has 0 N–H and O–H groups in total. The summed E-state index contributed by atoms with van der Waals surface area (Å²) in [6.45, 7) is 4.44. The summed E-state index contributed by atoms with van der Waals surface area (Å²) in [4.78, 5) is 4.82. The highest BCUT2D eigenvalue weighted by Crippen LogP contribution is 2.38. The van der Waals surface area contributed by atoms with Crippen LogP contribution >= 0.6 is 17.0 Å². The molecule has 0 radical (unpaired) electrons. The van der Waals surface area contributed by atoms with Crippen LogP contribution in [0.25, 0.3) is 11.1 Å². The number of benzene rings is 2. The molecule has 2 aromatic rings. The van der Waals surface area contributed by atoms with Crippen LogP contribution in [-0.4, -0.2) is 18.1 Å². The van der Waals surface area contributed by atoms with E-state index in [0.717, 1.165) is 13.1 Å². The van der Waals surface area contributed by atoms with E-state index in [0.29, 0.717) is 0 Å². The Balaban J connectivity index is 0.00000210. The van der Waals surface area contributed by atoms with Crippen molar-refractivity contribution in [2.45, 2.75) is 51.9 Å². The van der Waals surface area contributed by atoms with Crippen LogP contribution in [-0.2, 0) is 6.42 Å². The number of unbranched alkanes of at least 4 members (excludes halogenated alkanes) is 5. The van der Waals surface area contributed by atoms with Crippen molar-refractivity contribution in [3.8, 4) is 11.1 Å². The fourth-order valence-corrected chi connectivity index (χ4v) is 4.18. The van der Waals surface area contributed by atoms with E-state index in [1.807, 2.05) is 0 Å². The van der Waals surface area contributed by atoms with Crippen LogP contribution in [0.5, 0.6) is 0 Å². The van der Waals surface area contributed by atoms with Gasteiger partial charge in [-0.2, -0.15) is 0 Å². The summed E-state index contributed by atoms with van der Waals surface area (Å²) in [5, 5.41) is 0. The van der Waals surface area contributed by atoms with Gasteiger partial charge in [-0.3, -0.25) is 0 Å². The van der Waals surface area contributed by atoms with Crippen molar-refractivity contribution in [1.82, 2.24) is 4.90 Å². The molecule has 0 aromatic heterocycles. The maximum absolute atomic E-state index is 2.45. The van der Waals surface area contributed by atoms with Crippen molar-refractivity contribution in [3.63, 3.8) is 0 Å². The van der Waals surface area contributed by atoms with E-state index in [1.54, 1.807) is 0 Å². The highest BCUT2D eigenvalue weighted by Gasteiger charge is 2.20. The fourth-order valence-electron chi connectivity index (χ4n) is 4.18. The summed E-state index contributed by atoms with van der Waals surface area (Å²) in [6, 6.07) is 15.8. The molecule has 2 aliphatic rings. The first-order chi connectivity index (χ1) is 12.8. The predicted molar refractivity (Wildman–Crippen MR) is 122 cm³/mol. The van der Waals surface area contributed by atoms with Crippen molar-refractivity contribution in [2.75, 3.05) is 18.1 Å². The van der Waals surface area contributed by atoms with Gasteiger partial charge in [0, 0.05) is 24.6 Å². The predicted octanol–water partition coefficient (Wildman–Crippen LogP) is 6.75. The lowest BCUT2D eigenvalue weighted by molar-refractivity contribution is 0.388. The third-order valence-corrected chi connectivity index (χ3v) is 5.70. The SMILES string of the molecule is Br.CCCCCCCCN1C=CN(c2ccc3c(c2)Cc2ccccc2-3)C1. The zero-order valence-electron chi connectivity index (χ0n) is 16.4. The van der Waals surface area contributed by atoms with Crippen molar-refractivity contribution in [1.29, 1.82) is 0 Å². The zero-order valence-corrected chi connectivity index (χ0v) is 18.1. The van der Waals surface area contributed by atoms with E-state index < -0.39 is 0 Å². The van der Waals surface area contributed by atoms with E-state index >= 15 is 0 Å². The fraction of sp³-hybridized carbons (Fsp3) is 0.417. The van der Waals surface area contributed by atoms with Crippen LogP contribution in [0, 0.1) is 0 Å². The molecule has 0 unspecified atom stereocenters. The Labute approximate surface area is 174 Å². The van der Waals surface area contributed by atoms with E-state index in [9.17, 15) is 0 Å². The van der Waals surface area contributed by atoms with Crippen molar-refractivity contribution < 1.29 is 0 Å². The number of anilines is 1. The molecule has 4 rings (SSSR count). The van der Waals surface area contributed by atoms with Crippen LogP contribution in [0.1, 0.15) is 56.6 Å². The van der Waals surface area contributed by atoms with Crippen LogP contribution in [0.2, 0.25) is 0 Å². The smallest absolute Gasteiger partial charge is 0.0941 e.